The van der Waals surface area contributed by atoms with E-state index in [1.807, 2.05) is 36.4 Å². The van der Waals surface area contributed by atoms with Crippen molar-refractivity contribution in [2.45, 2.75) is 19.5 Å². The summed E-state index contributed by atoms with van der Waals surface area (Å²) in [7, 11) is -1.91. The summed E-state index contributed by atoms with van der Waals surface area (Å²) in [5, 5.41) is 0. The van der Waals surface area contributed by atoms with Crippen LogP contribution in [0, 0.1) is 0 Å². The zero-order chi connectivity index (χ0) is 19.1. The van der Waals surface area contributed by atoms with Crippen LogP contribution < -0.4 is 4.74 Å². The second kappa shape index (κ2) is 8.83. The molecule has 0 unspecified atom stereocenters. The molecule has 0 spiro atoms. The van der Waals surface area contributed by atoms with Crippen molar-refractivity contribution in [1.82, 2.24) is 9.29 Å². The largest absolute Gasteiger partial charge is 0.497 e. The van der Waals surface area contributed by atoms with E-state index in [0.717, 1.165) is 11.3 Å². The summed E-state index contributed by atoms with van der Waals surface area (Å²) in [5.74, 6) is 1.35. The number of pyridine rings is 1. The molecule has 0 N–H and O–H groups in total. The number of benzene rings is 1. The molecule has 0 aliphatic rings. The predicted octanol–water partition coefficient (Wildman–Crippen LogP) is 3.26. The highest BCUT2D eigenvalue weighted by Crippen LogP contribution is 2.17. The summed E-state index contributed by atoms with van der Waals surface area (Å²) in [6, 6.07) is 16.4. The maximum absolute atomic E-state index is 13.0. The van der Waals surface area contributed by atoms with Crippen LogP contribution in [0.15, 0.2) is 71.5 Å². The van der Waals surface area contributed by atoms with E-state index in [1.165, 1.54) is 10.6 Å². The van der Waals surface area contributed by atoms with Gasteiger partial charge in [0.1, 0.15) is 11.5 Å². The molecule has 0 fully saturated rings. The molecule has 3 aromatic rings. The molecule has 27 heavy (non-hydrogen) atoms. The molecule has 1 aromatic carbocycles. The monoisotopic (exact) mass is 386 g/mol. The van der Waals surface area contributed by atoms with Crippen LogP contribution in [0.2, 0.25) is 0 Å². The molecule has 142 valence electrons. The molecule has 6 nitrogen and oxygen atoms in total. The fourth-order valence-electron chi connectivity index (χ4n) is 2.67. The van der Waals surface area contributed by atoms with E-state index < -0.39 is 10.0 Å². The van der Waals surface area contributed by atoms with Crippen LogP contribution in [0.1, 0.15) is 17.0 Å². The Kier molecular flexibility index (Phi) is 6.26. The van der Waals surface area contributed by atoms with Gasteiger partial charge < -0.3 is 9.15 Å². The molecule has 3 rings (SSSR count). The summed E-state index contributed by atoms with van der Waals surface area (Å²) in [6.07, 6.45) is 3.62. The molecule has 0 saturated heterocycles. The molecule has 0 bridgehead atoms. The molecule has 0 aliphatic carbocycles. The topological polar surface area (TPSA) is 72.6 Å². The van der Waals surface area contributed by atoms with Gasteiger partial charge in [-0.05, 0) is 48.4 Å². The summed E-state index contributed by atoms with van der Waals surface area (Å²) in [6.45, 7) is 0.376. The smallest absolute Gasteiger partial charge is 0.215 e. The predicted molar refractivity (Wildman–Crippen MR) is 103 cm³/mol. The van der Waals surface area contributed by atoms with Crippen molar-refractivity contribution < 1.29 is 17.6 Å². The summed E-state index contributed by atoms with van der Waals surface area (Å²) in [4.78, 5) is 4.25. The fourth-order valence-corrected chi connectivity index (χ4v) is 4.07. The average Bonchev–Trinajstić information content (AvgIpc) is 3.20. The minimum Gasteiger partial charge on any atom is -0.497 e. The second-order valence-corrected chi connectivity index (χ2v) is 8.17. The normalized spacial score (nSPS) is 11.6. The van der Waals surface area contributed by atoms with Crippen molar-refractivity contribution in [3.05, 3.63) is 84.1 Å². The van der Waals surface area contributed by atoms with Gasteiger partial charge in [0.05, 0.1) is 37.9 Å². The van der Waals surface area contributed by atoms with Gasteiger partial charge in [0.25, 0.3) is 0 Å². The Bertz CT molecular complexity index is 924. The van der Waals surface area contributed by atoms with Gasteiger partial charge in [0.15, 0.2) is 0 Å². The van der Waals surface area contributed by atoms with Crippen molar-refractivity contribution >= 4 is 10.0 Å². The van der Waals surface area contributed by atoms with E-state index in [0.29, 0.717) is 17.9 Å². The minimum absolute atomic E-state index is 0.00682. The highest BCUT2D eigenvalue weighted by atomic mass is 32.2. The molecule has 0 atom stereocenters. The van der Waals surface area contributed by atoms with Gasteiger partial charge in [-0.2, -0.15) is 4.31 Å². The Labute approximate surface area is 159 Å². The van der Waals surface area contributed by atoms with Gasteiger partial charge in [0, 0.05) is 6.20 Å². The molecular formula is C20H22N2O4S. The third kappa shape index (κ3) is 5.42. The Balaban J connectivity index is 1.73. The number of ether oxygens (including phenoxy) is 1. The zero-order valence-corrected chi connectivity index (χ0v) is 15.9. The summed E-state index contributed by atoms with van der Waals surface area (Å²) < 4.78 is 37.9. The number of aryl methyl sites for hydroxylation is 1. The number of hydrogen-bond acceptors (Lipinski definition) is 5. The number of methoxy groups -OCH3 is 1. The number of aromatic nitrogens is 1. The summed E-state index contributed by atoms with van der Waals surface area (Å²) >= 11 is 0. The van der Waals surface area contributed by atoms with Crippen LogP contribution >= 0.6 is 0 Å². The molecule has 0 amide bonds. The van der Waals surface area contributed by atoms with Crippen LogP contribution in [0.5, 0.6) is 5.75 Å². The maximum Gasteiger partial charge on any atom is 0.215 e. The van der Waals surface area contributed by atoms with Crippen molar-refractivity contribution in [2.24, 2.45) is 0 Å². The number of rotatable bonds is 9. The van der Waals surface area contributed by atoms with Crippen LogP contribution in [0.25, 0.3) is 0 Å². The van der Waals surface area contributed by atoms with Crippen molar-refractivity contribution in [3.63, 3.8) is 0 Å². The zero-order valence-electron chi connectivity index (χ0n) is 15.1. The first-order valence-corrected chi connectivity index (χ1v) is 10.2. The molecule has 2 heterocycles. The summed E-state index contributed by atoms with van der Waals surface area (Å²) in [5.41, 5.74) is 1.63. The van der Waals surface area contributed by atoms with E-state index in [-0.39, 0.29) is 18.8 Å². The first-order valence-electron chi connectivity index (χ1n) is 8.60. The standard InChI is InChI=1S/C20H22N2O4S/c1-25-19-9-7-17(8-10-19)11-14-27(23,24)22(16-20-6-4-13-26-20)15-18-5-2-3-12-21-18/h2-10,12-13H,11,14-16H2,1H3. The van der Waals surface area contributed by atoms with E-state index in [9.17, 15) is 8.42 Å². The number of nitrogens with zero attached hydrogens (tertiary/aromatic N) is 2. The third-order valence-electron chi connectivity index (χ3n) is 4.18. The molecule has 0 saturated carbocycles. The van der Waals surface area contributed by atoms with Gasteiger partial charge in [-0.1, -0.05) is 18.2 Å². The van der Waals surface area contributed by atoms with Crippen molar-refractivity contribution in [3.8, 4) is 5.75 Å². The molecule has 2 aromatic heterocycles. The first kappa shape index (κ1) is 19.1. The lowest BCUT2D eigenvalue weighted by atomic mass is 10.2. The maximum atomic E-state index is 13.0. The lowest BCUT2D eigenvalue weighted by Crippen LogP contribution is -2.33. The SMILES string of the molecule is COc1ccc(CCS(=O)(=O)N(Cc2ccccn2)Cc2ccco2)cc1. The highest BCUT2D eigenvalue weighted by molar-refractivity contribution is 7.89. The van der Waals surface area contributed by atoms with E-state index in [2.05, 4.69) is 4.98 Å². The van der Waals surface area contributed by atoms with Crippen molar-refractivity contribution in [1.29, 1.82) is 0 Å². The Morgan fingerprint density at radius 2 is 1.85 bits per heavy atom. The number of furan rings is 1. The lowest BCUT2D eigenvalue weighted by Gasteiger charge is -2.21. The van der Waals surface area contributed by atoms with E-state index >= 15 is 0 Å². The lowest BCUT2D eigenvalue weighted by molar-refractivity contribution is 0.355. The molecule has 0 aliphatic heterocycles. The first-order chi connectivity index (χ1) is 13.1. The number of hydrogen-bond donors (Lipinski definition) is 0. The molecular weight excluding hydrogens is 364 g/mol. The van der Waals surface area contributed by atoms with Gasteiger partial charge in [-0.3, -0.25) is 4.98 Å². The van der Waals surface area contributed by atoms with Gasteiger partial charge in [0.2, 0.25) is 10.0 Å². The Morgan fingerprint density at radius 3 is 2.48 bits per heavy atom. The fraction of sp³-hybridized carbons (Fsp3) is 0.250. The Morgan fingerprint density at radius 1 is 1.04 bits per heavy atom. The van der Waals surface area contributed by atoms with Crippen molar-refractivity contribution in [2.75, 3.05) is 12.9 Å². The van der Waals surface area contributed by atoms with Crippen LogP contribution in [-0.2, 0) is 29.5 Å². The Hall–Kier alpha value is -2.64. The van der Waals surface area contributed by atoms with Gasteiger partial charge in [-0.15, -0.1) is 0 Å². The van der Waals surface area contributed by atoms with E-state index in [4.69, 9.17) is 9.15 Å². The molecule has 7 heteroatoms. The molecule has 0 radical (unpaired) electrons. The number of sulfonamides is 1. The van der Waals surface area contributed by atoms with Gasteiger partial charge >= 0.3 is 0 Å². The van der Waals surface area contributed by atoms with Gasteiger partial charge in [-0.25, -0.2) is 8.42 Å². The van der Waals surface area contributed by atoms with Crippen LogP contribution in [-0.4, -0.2) is 30.6 Å². The average molecular weight is 386 g/mol. The van der Waals surface area contributed by atoms with Crippen LogP contribution in [0.4, 0.5) is 0 Å². The minimum atomic E-state index is -3.51. The van der Waals surface area contributed by atoms with Crippen LogP contribution in [0.3, 0.4) is 0 Å². The quantitative estimate of drug-likeness (QED) is 0.564. The highest BCUT2D eigenvalue weighted by Gasteiger charge is 2.24. The second-order valence-electron chi connectivity index (χ2n) is 6.08. The van der Waals surface area contributed by atoms with E-state index in [1.54, 1.807) is 31.5 Å². The third-order valence-corrected chi connectivity index (χ3v) is 5.94.